The van der Waals surface area contributed by atoms with Crippen molar-refractivity contribution in [3.63, 3.8) is 0 Å². The van der Waals surface area contributed by atoms with Crippen LogP contribution in [0.5, 0.6) is 0 Å². The summed E-state index contributed by atoms with van der Waals surface area (Å²) in [6, 6.07) is 6.21. The Bertz CT molecular complexity index is 565. The van der Waals surface area contributed by atoms with Crippen LogP contribution < -0.4 is 0 Å². The summed E-state index contributed by atoms with van der Waals surface area (Å²) in [7, 11) is -3.90. The smallest absolute Gasteiger partial charge is 0.321 e. The molecule has 0 aliphatic heterocycles. The number of alkyl halides is 1. The van der Waals surface area contributed by atoms with Crippen molar-refractivity contribution in [1.29, 1.82) is 0 Å². The van der Waals surface area contributed by atoms with E-state index in [9.17, 15) is 13.2 Å². The highest BCUT2D eigenvalue weighted by Gasteiger charge is 2.19. The van der Waals surface area contributed by atoms with Crippen LogP contribution in [0.3, 0.4) is 0 Å². The molecule has 0 bridgehead atoms. The Hall–Kier alpha value is -1.37. The minimum Gasteiger partial charge on any atom is -0.455 e. The van der Waals surface area contributed by atoms with Crippen LogP contribution in [0.4, 0.5) is 0 Å². The fourth-order valence-electron chi connectivity index (χ4n) is 1.28. The second-order valence-electron chi connectivity index (χ2n) is 3.95. The lowest BCUT2D eigenvalue weighted by Gasteiger charge is -2.13. The third-order valence-corrected chi connectivity index (χ3v) is 3.87. The van der Waals surface area contributed by atoms with Gasteiger partial charge >= 0.3 is 5.97 Å². The molecule has 0 saturated heterocycles. The molecule has 7 heteroatoms. The first-order chi connectivity index (χ1) is 9.39. The average molecular weight is 319 g/mol. The zero-order valence-electron chi connectivity index (χ0n) is 10.9. The van der Waals surface area contributed by atoms with E-state index in [1.807, 2.05) is 6.92 Å². The number of hydrogen-bond donors (Lipinski definition) is 0. The number of ether oxygens (including phenoxy) is 1. The minimum atomic E-state index is -3.90. The zero-order chi connectivity index (χ0) is 15.2. The van der Waals surface area contributed by atoms with E-state index in [1.54, 1.807) is 12.1 Å². The number of carbonyl (C=O) groups excluding carboxylic acids is 1. The summed E-state index contributed by atoms with van der Waals surface area (Å²) in [5.74, 6) is -0.998. The van der Waals surface area contributed by atoms with Crippen LogP contribution in [-0.2, 0) is 23.8 Å². The number of rotatable bonds is 7. The summed E-state index contributed by atoms with van der Waals surface area (Å²) in [6.07, 6.45) is 0.399. The molecule has 0 radical (unpaired) electrons. The van der Waals surface area contributed by atoms with Gasteiger partial charge in [-0.2, -0.15) is 8.42 Å². The summed E-state index contributed by atoms with van der Waals surface area (Å²) < 4.78 is 33.4. The van der Waals surface area contributed by atoms with E-state index in [0.717, 1.165) is 5.56 Å². The molecule has 0 aliphatic rings. The van der Waals surface area contributed by atoms with E-state index in [1.165, 1.54) is 18.2 Å². The van der Waals surface area contributed by atoms with Gasteiger partial charge in [-0.3, -0.25) is 8.98 Å². The fraction of sp³-hybridized carbons (Fsp3) is 0.308. The quantitative estimate of drug-likeness (QED) is 0.333. The topological polar surface area (TPSA) is 69.7 Å². The lowest BCUT2D eigenvalue weighted by Crippen LogP contribution is -2.24. The Morgan fingerprint density at radius 3 is 2.50 bits per heavy atom. The number of aryl methyl sites for hydroxylation is 1. The van der Waals surface area contributed by atoms with Gasteiger partial charge in [0.25, 0.3) is 10.1 Å². The van der Waals surface area contributed by atoms with Crippen molar-refractivity contribution in [2.24, 2.45) is 0 Å². The molecule has 0 N–H and O–H groups in total. The van der Waals surface area contributed by atoms with Crippen LogP contribution in [0.1, 0.15) is 5.56 Å². The molecule has 0 aliphatic carbocycles. The maximum absolute atomic E-state index is 11.9. The highest BCUT2D eigenvalue weighted by atomic mass is 35.5. The Labute approximate surface area is 123 Å². The molecule has 0 fully saturated rings. The molecule has 1 unspecified atom stereocenters. The first-order valence-corrected chi connectivity index (χ1v) is 7.67. The number of carbonyl (C=O) groups is 1. The second kappa shape index (κ2) is 7.42. The van der Waals surface area contributed by atoms with E-state index in [4.69, 9.17) is 20.5 Å². The summed E-state index contributed by atoms with van der Waals surface area (Å²) in [4.78, 5) is 11.0. The Kier molecular flexibility index (Phi) is 6.19. The highest BCUT2D eigenvalue weighted by Crippen LogP contribution is 2.14. The normalized spacial score (nSPS) is 12.7. The summed E-state index contributed by atoms with van der Waals surface area (Å²) >= 11 is 5.29. The van der Waals surface area contributed by atoms with Gasteiger partial charge in [-0.05, 0) is 25.1 Å². The average Bonchev–Trinajstić information content (AvgIpc) is 2.43. The van der Waals surface area contributed by atoms with Gasteiger partial charge in [0.2, 0.25) is 0 Å². The molecule has 110 valence electrons. The molecule has 0 aromatic heterocycles. The van der Waals surface area contributed by atoms with Crippen molar-refractivity contribution >= 4 is 27.7 Å². The molecule has 0 saturated carbocycles. The molecule has 1 aromatic rings. The summed E-state index contributed by atoms with van der Waals surface area (Å²) in [5, 5.41) is 0. The third kappa shape index (κ3) is 4.96. The van der Waals surface area contributed by atoms with Gasteiger partial charge in [-0.15, -0.1) is 11.6 Å². The highest BCUT2D eigenvalue weighted by molar-refractivity contribution is 7.86. The maximum atomic E-state index is 11.9. The molecular formula is C13H15ClO5S. The van der Waals surface area contributed by atoms with Crippen LogP contribution in [0.2, 0.25) is 0 Å². The van der Waals surface area contributed by atoms with Crippen LogP contribution in [-0.4, -0.2) is 33.0 Å². The van der Waals surface area contributed by atoms with Crippen LogP contribution >= 0.6 is 11.6 Å². The second-order valence-corrected chi connectivity index (χ2v) is 5.83. The first-order valence-electron chi connectivity index (χ1n) is 5.73. The maximum Gasteiger partial charge on any atom is 0.321 e. The monoisotopic (exact) mass is 318 g/mol. The summed E-state index contributed by atoms with van der Waals surface area (Å²) in [5.41, 5.74) is 0.934. The van der Waals surface area contributed by atoms with Crippen molar-refractivity contribution < 1.29 is 22.1 Å². The standard InChI is InChI=1S/C13H15ClO5S/c1-3-11(19-13(15)8-14)9-18-20(16,17)12-6-4-10(2)5-7-12/h3-7,11H,1,8-9H2,2H3. The molecule has 1 aromatic carbocycles. The molecule has 0 spiro atoms. The van der Waals surface area contributed by atoms with Crippen LogP contribution in [0, 0.1) is 6.92 Å². The van der Waals surface area contributed by atoms with Gasteiger partial charge in [0.05, 0.1) is 4.90 Å². The number of esters is 1. The third-order valence-electron chi connectivity index (χ3n) is 2.35. The van der Waals surface area contributed by atoms with Gasteiger partial charge < -0.3 is 4.74 Å². The van der Waals surface area contributed by atoms with E-state index in [-0.39, 0.29) is 17.4 Å². The largest absolute Gasteiger partial charge is 0.455 e. The number of halogens is 1. The van der Waals surface area contributed by atoms with Gasteiger partial charge in [0, 0.05) is 0 Å². The van der Waals surface area contributed by atoms with E-state index in [0.29, 0.717) is 0 Å². The Balaban J connectivity index is 2.69. The van der Waals surface area contributed by atoms with Gasteiger partial charge in [0.15, 0.2) is 0 Å². The number of benzene rings is 1. The van der Waals surface area contributed by atoms with E-state index >= 15 is 0 Å². The van der Waals surface area contributed by atoms with Crippen LogP contribution in [0.15, 0.2) is 41.8 Å². The van der Waals surface area contributed by atoms with Crippen molar-refractivity contribution in [2.45, 2.75) is 17.9 Å². The fourth-order valence-corrected chi connectivity index (χ4v) is 2.26. The molecule has 1 atom stereocenters. The summed E-state index contributed by atoms with van der Waals surface area (Å²) in [6.45, 7) is 4.94. The molecular weight excluding hydrogens is 304 g/mol. The predicted molar refractivity (Wildman–Crippen MR) is 75.1 cm³/mol. The van der Waals surface area contributed by atoms with Crippen molar-refractivity contribution in [1.82, 2.24) is 0 Å². The lowest BCUT2D eigenvalue weighted by atomic mass is 10.2. The zero-order valence-corrected chi connectivity index (χ0v) is 12.5. The first kappa shape index (κ1) is 16.7. The lowest BCUT2D eigenvalue weighted by molar-refractivity contribution is -0.144. The minimum absolute atomic E-state index is 0.0367. The van der Waals surface area contributed by atoms with Crippen molar-refractivity contribution in [2.75, 3.05) is 12.5 Å². The Morgan fingerprint density at radius 1 is 1.40 bits per heavy atom. The van der Waals surface area contributed by atoms with Crippen molar-refractivity contribution in [3.8, 4) is 0 Å². The predicted octanol–water partition coefficient (Wildman–Crippen LogP) is 2.04. The van der Waals surface area contributed by atoms with Gasteiger partial charge in [0.1, 0.15) is 18.6 Å². The van der Waals surface area contributed by atoms with Crippen molar-refractivity contribution in [3.05, 3.63) is 42.5 Å². The molecule has 0 amide bonds. The molecule has 0 heterocycles. The van der Waals surface area contributed by atoms with Gasteiger partial charge in [-0.1, -0.05) is 24.3 Å². The van der Waals surface area contributed by atoms with E-state index < -0.39 is 22.2 Å². The van der Waals surface area contributed by atoms with E-state index in [2.05, 4.69) is 6.58 Å². The SMILES string of the molecule is C=CC(COS(=O)(=O)c1ccc(C)cc1)OC(=O)CCl. The number of hydrogen-bond acceptors (Lipinski definition) is 5. The van der Waals surface area contributed by atoms with Gasteiger partial charge in [-0.25, -0.2) is 0 Å². The Morgan fingerprint density at radius 2 is 2.00 bits per heavy atom. The molecule has 1 rings (SSSR count). The van der Waals surface area contributed by atoms with Crippen LogP contribution in [0.25, 0.3) is 0 Å². The molecule has 5 nitrogen and oxygen atoms in total. The molecule has 20 heavy (non-hydrogen) atoms.